The molecule has 0 saturated carbocycles. The largest absolute Gasteiger partial charge is 0.506 e. The minimum atomic E-state index is -0.223. The number of hydrogen-bond donors (Lipinski definition) is 1. The van der Waals surface area contributed by atoms with Crippen molar-refractivity contribution in [3.63, 3.8) is 0 Å². The molecule has 122 valence electrons. The minimum Gasteiger partial charge on any atom is -0.506 e. The van der Waals surface area contributed by atoms with Crippen molar-refractivity contribution in [2.24, 2.45) is 0 Å². The number of ether oxygens (including phenoxy) is 1. The van der Waals surface area contributed by atoms with Gasteiger partial charge < -0.3 is 9.84 Å². The summed E-state index contributed by atoms with van der Waals surface area (Å²) in [6.45, 7) is 0. The molecular weight excluding hydrogens is 366 g/mol. The first-order chi connectivity index (χ1) is 11.5. The number of methoxy groups -OCH3 is 1. The third-order valence-electron chi connectivity index (χ3n) is 3.39. The summed E-state index contributed by atoms with van der Waals surface area (Å²) in [6, 6.07) is 12.0. The van der Waals surface area contributed by atoms with E-state index in [1.54, 1.807) is 37.5 Å². The standard InChI is InChI=1S/C17H12ClNO3S2/c1-22-14-5-3-2-4-12(14)19-16(21)15(24-17(19)23)9-10-6-7-13(20)11(18)8-10/h2-9,20H,1H3/b15-9+. The quantitative estimate of drug-likeness (QED) is 0.632. The Balaban J connectivity index is 1.97. The Kier molecular flexibility index (Phi) is 4.80. The summed E-state index contributed by atoms with van der Waals surface area (Å²) in [6.07, 6.45) is 1.69. The van der Waals surface area contributed by atoms with Gasteiger partial charge in [-0.3, -0.25) is 9.69 Å². The molecule has 4 nitrogen and oxygen atoms in total. The molecule has 0 spiro atoms. The van der Waals surface area contributed by atoms with Gasteiger partial charge in [0.05, 0.1) is 22.7 Å². The van der Waals surface area contributed by atoms with Crippen molar-refractivity contribution in [3.05, 3.63) is 58.0 Å². The van der Waals surface area contributed by atoms with Gasteiger partial charge in [0.2, 0.25) is 0 Å². The number of thioether (sulfide) groups is 1. The maximum absolute atomic E-state index is 12.8. The first-order valence-electron chi connectivity index (χ1n) is 6.91. The van der Waals surface area contributed by atoms with Crippen molar-refractivity contribution in [3.8, 4) is 11.5 Å². The molecule has 7 heteroatoms. The number of rotatable bonds is 3. The number of anilines is 1. The summed E-state index contributed by atoms with van der Waals surface area (Å²) in [4.78, 5) is 14.7. The zero-order valence-electron chi connectivity index (χ0n) is 12.5. The Morgan fingerprint density at radius 1 is 1.29 bits per heavy atom. The zero-order chi connectivity index (χ0) is 17.3. The van der Waals surface area contributed by atoms with Crippen LogP contribution in [0, 0.1) is 0 Å². The second-order valence-corrected chi connectivity index (χ2v) is 6.98. The van der Waals surface area contributed by atoms with Crippen molar-refractivity contribution < 1.29 is 14.6 Å². The summed E-state index contributed by atoms with van der Waals surface area (Å²) < 4.78 is 5.74. The van der Waals surface area contributed by atoms with Gasteiger partial charge in [0.25, 0.3) is 5.91 Å². The van der Waals surface area contributed by atoms with Crippen LogP contribution in [0.3, 0.4) is 0 Å². The van der Waals surface area contributed by atoms with E-state index < -0.39 is 0 Å². The van der Waals surface area contributed by atoms with Crippen molar-refractivity contribution in [2.75, 3.05) is 12.0 Å². The van der Waals surface area contributed by atoms with Gasteiger partial charge >= 0.3 is 0 Å². The number of phenolic OH excluding ortho intramolecular Hbond substituents is 1. The van der Waals surface area contributed by atoms with Crippen LogP contribution >= 0.6 is 35.6 Å². The number of thiocarbonyl (C=S) groups is 1. The van der Waals surface area contributed by atoms with E-state index in [-0.39, 0.29) is 16.7 Å². The summed E-state index contributed by atoms with van der Waals surface area (Å²) in [5.74, 6) is 0.344. The molecule has 0 aromatic heterocycles. The molecule has 1 saturated heterocycles. The van der Waals surface area contributed by atoms with Crippen LogP contribution in [0.4, 0.5) is 5.69 Å². The fourth-order valence-electron chi connectivity index (χ4n) is 2.25. The molecule has 1 amide bonds. The van der Waals surface area contributed by atoms with Gasteiger partial charge in [-0.2, -0.15) is 0 Å². The summed E-state index contributed by atoms with van der Waals surface area (Å²) in [7, 11) is 1.55. The third kappa shape index (κ3) is 3.13. The number of benzene rings is 2. The van der Waals surface area contributed by atoms with Gasteiger partial charge in [-0.15, -0.1) is 0 Å². The van der Waals surface area contributed by atoms with E-state index in [1.165, 1.54) is 22.7 Å². The maximum atomic E-state index is 12.8. The van der Waals surface area contributed by atoms with Crippen molar-refractivity contribution in [2.45, 2.75) is 0 Å². The lowest BCUT2D eigenvalue weighted by Crippen LogP contribution is -2.27. The van der Waals surface area contributed by atoms with Gasteiger partial charge in [0, 0.05) is 0 Å². The zero-order valence-corrected chi connectivity index (χ0v) is 14.9. The first kappa shape index (κ1) is 16.8. The summed E-state index contributed by atoms with van der Waals surface area (Å²) in [5.41, 5.74) is 1.31. The van der Waals surface area contributed by atoms with E-state index in [4.69, 9.17) is 28.6 Å². The highest BCUT2D eigenvalue weighted by molar-refractivity contribution is 8.27. The van der Waals surface area contributed by atoms with Crippen molar-refractivity contribution >= 4 is 57.6 Å². The second-order valence-electron chi connectivity index (χ2n) is 4.90. The lowest BCUT2D eigenvalue weighted by Gasteiger charge is -2.17. The van der Waals surface area contributed by atoms with Crippen LogP contribution in [-0.4, -0.2) is 22.4 Å². The predicted molar refractivity (Wildman–Crippen MR) is 102 cm³/mol. The van der Waals surface area contributed by atoms with E-state index in [1.807, 2.05) is 12.1 Å². The molecular formula is C17H12ClNO3S2. The monoisotopic (exact) mass is 377 g/mol. The maximum Gasteiger partial charge on any atom is 0.270 e. The number of para-hydroxylation sites is 2. The average Bonchev–Trinajstić information content (AvgIpc) is 2.85. The van der Waals surface area contributed by atoms with E-state index >= 15 is 0 Å². The molecule has 1 fully saturated rings. The topological polar surface area (TPSA) is 49.8 Å². The number of phenols is 1. The van der Waals surface area contributed by atoms with Crippen molar-refractivity contribution in [1.29, 1.82) is 0 Å². The Morgan fingerprint density at radius 2 is 2.04 bits per heavy atom. The van der Waals surface area contributed by atoms with Gasteiger partial charge in [-0.05, 0) is 35.9 Å². The van der Waals surface area contributed by atoms with Crippen molar-refractivity contribution in [1.82, 2.24) is 0 Å². The fraction of sp³-hybridized carbons (Fsp3) is 0.0588. The molecule has 0 unspecified atom stereocenters. The van der Waals surface area contributed by atoms with E-state index in [2.05, 4.69) is 0 Å². The second kappa shape index (κ2) is 6.84. The number of halogens is 1. The first-order valence-corrected chi connectivity index (χ1v) is 8.51. The molecule has 1 heterocycles. The number of carbonyl (C=O) groups is 1. The minimum absolute atomic E-state index is 0.00427. The molecule has 24 heavy (non-hydrogen) atoms. The van der Waals surface area contributed by atoms with Crippen LogP contribution in [0.15, 0.2) is 47.4 Å². The van der Waals surface area contributed by atoms with Gasteiger partial charge in [-0.25, -0.2) is 0 Å². The lowest BCUT2D eigenvalue weighted by atomic mass is 10.2. The molecule has 0 radical (unpaired) electrons. The van der Waals surface area contributed by atoms with E-state index in [0.717, 1.165) is 0 Å². The molecule has 0 aliphatic carbocycles. The Bertz CT molecular complexity index is 867. The third-order valence-corrected chi connectivity index (χ3v) is 4.99. The van der Waals surface area contributed by atoms with Gasteiger partial charge in [0.15, 0.2) is 4.32 Å². The van der Waals surface area contributed by atoms with Crippen LogP contribution in [0.25, 0.3) is 6.08 Å². The summed E-state index contributed by atoms with van der Waals surface area (Å²) >= 11 is 12.5. The molecule has 3 rings (SSSR count). The van der Waals surface area contributed by atoms with Crippen LogP contribution < -0.4 is 9.64 Å². The molecule has 0 bridgehead atoms. The molecule has 1 aliphatic heterocycles. The molecule has 1 N–H and O–H groups in total. The number of hydrogen-bond acceptors (Lipinski definition) is 5. The highest BCUT2D eigenvalue weighted by Crippen LogP contribution is 2.40. The Morgan fingerprint density at radius 3 is 2.75 bits per heavy atom. The van der Waals surface area contributed by atoms with Crippen LogP contribution in [0.5, 0.6) is 11.5 Å². The predicted octanol–water partition coefficient (Wildman–Crippen LogP) is 4.46. The highest BCUT2D eigenvalue weighted by atomic mass is 35.5. The number of carbonyl (C=O) groups excluding carboxylic acids is 1. The van der Waals surface area contributed by atoms with Gasteiger partial charge in [0.1, 0.15) is 11.5 Å². The van der Waals surface area contributed by atoms with Gasteiger partial charge in [-0.1, -0.05) is 53.8 Å². The molecule has 2 aromatic rings. The van der Waals surface area contributed by atoms with Crippen LogP contribution in [0.1, 0.15) is 5.56 Å². The Hall–Kier alpha value is -2.02. The Labute approximate surface area is 153 Å². The molecule has 0 atom stereocenters. The van der Waals surface area contributed by atoms with Crippen LogP contribution in [-0.2, 0) is 4.79 Å². The summed E-state index contributed by atoms with van der Waals surface area (Å²) in [5, 5.41) is 9.71. The normalized spacial score (nSPS) is 16.1. The average molecular weight is 378 g/mol. The van der Waals surface area contributed by atoms with E-state index in [0.29, 0.717) is 26.2 Å². The fourth-order valence-corrected chi connectivity index (χ4v) is 3.73. The lowest BCUT2D eigenvalue weighted by molar-refractivity contribution is -0.113. The smallest absolute Gasteiger partial charge is 0.270 e. The molecule has 1 aliphatic rings. The van der Waals surface area contributed by atoms with Crippen LogP contribution in [0.2, 0.25) is 5.02 Å². The number of aromatic hydroxyl groups is 1. The number of nitrogens with zero attached hydrogens (tertiary/aromatic N) is 1. The SMILES string of the molecule is COc1ccccc1N1C(=O)/C(=C\c2ccc(O)c(Cl)c2)SC1=S. The van der Waals surface area contributed by atoms with E-state index in [9.17, 15) is 9.90 Å². The highest BCUT2D eigenvalue weighted by Gasteiger charge is 2.34. The number of amides is 1. The molecule has 2 aromatic carbocycles.